The van der Waals surface area contributed by atoms with Gasteiger partial charge in [-0.3, -0.25) is 0 Å². The van der Waals surface area contributed by atoms with Crippen LogP contribution in [0.15, 0.2) is 5.10 Å². The summed E-state index contributed by atoms with van der Waals surface area (Å²) in [6.45, 7) is 3.24. The third kappa shape index (κ3) is 9.90. The molecular weight excluding hydrogens is 78.1 g/mol. The van der Waals surface area contributed by atoms with Gasteiger partial charge in [0.05, 0.1) is 0 Å². The molecule has 0 heterocycles. The van der Waals surface area contributed by atoms with Gasteiger partial charge in [0.25, 0.3) is 0 Å². The highest BCUT2D eigenvalue weighted by Gasteiger charge is 1.62. The molecule has 3 N–H and O–H groups in total. The van der Waals surface area contributed by atoms with Gasteiger partial charge in [-0.25, -0.2) is 0 Å². The molecule has 0 atom stereocenters. The lowest BCUT2D eigenvalue weighted by Gasteiger charge is -1.97. The molecule has 0 aliphatic carbocycles. The maximum absolute atomic E-state index is 3.47. The molecule has 0 amide bonds. The van der Waals surface area contributed by atoms with E-state index in [1.165, 1.54) is 0 Å². The van der Waals surface area contributed by atoms with Crippen LogP contribution in [0.3, 0.4) is 0 Å². The molecule has 0 saturated heterocycles. The lowest BCUT2D eigenvalue weighted by molar-refractivity contribution is 0.442. The summed E-state index contributed by atoms with van der Waals surface area (Å²) in [6, 6.07) is 0. The van der Waals surface area contributed by atoms with Crippen LogP contribution in [-0.4, -0.2) is 25.8 Å². The number of hydrogen-bond acceptors (Lipinski definition) is 3. The molecular formula is C3H11N3. The average Bonchev–Trinajstić information content (AvgIpc) is 1.38. The first-order valence-corrected chi connectivity index (χ1v) is 1.41. The van der Waals surface area contributed by atoms with Crippen molar-refractivity contribution in [3.05, 3.63) is 0 Å². The Labute approximate surface area is 38.2 Å². The minimum Gasteiger partial charge on any atom is -0.344 e. The van der Waals surface area contributed by atoms with Crippen molar-refractivity contribution in [1.82, 2.24) is 11.2 Å². The monoisotopic (exact) mass is 89.1 g/mol. The van der Waals surface area contributed by atoms with Crippen molar-refractivity contribution in [2.75, 3.05) is 14.1 Å². The Morgan fingerprint density at radius 3 is 1.67 bits per heavy atom. The number of nitrogens with zero attached hydrogens (tertiary/aromatic N) is 2. The molecule has 0 saturated carbocycles. The van der Waals surface area contributed by atoms with Crippen LogP contribution in [0.4, 0.5) is 0 Å². The van der Waals surface area contributed by atoms with Crippen LogP contribution < -0.4 is 6.15 Å². The van der Waals surface area contributed by atoms with Gasteiger partial charge in [0.1, 0.15) is 0 Å². The predicted molar refractivity (Wildman–Crippen MR) is 28.3 cm³/mol. The predicted octanol–water partition coefficient (Wildman–Crippen LogP) is 0.326. The third-order valence-corrected chi connectivity index (χ3v) is 0.283. The van der Waals surface area contributed by atoms with Gasteiger partial charge in [0, 0.05) is 20.8 Å². The second kappa shape index (κ2) is 4.43. The van der Waals surface area contributed by atoms with Gasteiger partial charge < -0.3 is 11.2 Å². The van der Waals surface area contributed by atoms with Gasteiger partial charge in [-0.15, -0.1) is 0 Å². The molecule has 0 aromatic rings. The van der Waals surface area contributed by atoms with Gasteiger partial charge in [-0.2, -0.15) is 5.10 Å². The molecule has 0 fully saturated rings. The molecule has 0 aliphatic heterocycles. The zero-order chi connectivity index (χ0) is 4.28. The van der Waals surface area contributed by atoms with Crippen molar-refractivity contribution in [1.29, 1.82) is 0 Å². The van der Waals surface area contributed by atoms with Crippen molar-refractivity contribution in [3.8, 4) is 0 Å². The fraction of sp³-hybridized carbons (Fsp3) is 0.667. The quantitative estimate of drug-likeness (QED) is 0.371. The molecule has 0 spiro atoms. The largest absolute Gasteiger partial charge is 0.344 e. The van der Waals surface area contributed by atoms with Crippen LogP contribution in [0.25, 0.3) is 0 Å². The van der Waals surface area contributed by atoms with Crippen LogP contribution in [0.2, 0.25) is 0 Å². The fourth-order valence-corrected chi connectivity index (χ4v) is 0. The maximum atomic E-state index is 3.47. The second-order valence-corrected chi connectivity index (χ2v) is 0.989. The Bertz CT molecular complexity index is 33.0. The Morgan fingerprint density at radius 1 is 1.50 bits per heavy atom. The third-order valence-electron chi connectivity index (χ3n) is 0.283. The fourth-order valence-electron chi connectivity index (χ4n) is 0. The smallest absolute Gasteiger partial charge is 0.0244 e. The standard InChI is InChI=1S/C3H8N2.H3N/c1-4-5(2)3;/h1H2,2-3H3;1H3. The highest BCUT2D eigenvalue weighted by molar-refractivity contribution is 5.22. The normalized spacial score (nSPS) is 5.67. The van der Waals surface area contributed by atoms with Crippen molar-refractivity contribution in [2.24, 2.45) is 5.10 Å². The van der Waals surface area contributed by atoms with E-state index in [1.807, 2.05) is 14.1 Å². The highest BCUT2D eigenvalue weighted by Crippen LogP contribution is 1.63. The number of hydrogen-bond donors (Lipinski definition) is 1. The topological polar surface area (TPSA) is 50.6 Å². The molecule has 0 aromatic carbocycles. The Kier molecular flexibility index (Phi) is 6.69. The van der Waals surface area contributed by atoms with Crippen LogP contribution >= 0.6 is 0 Å². The summed E-state index contributed by atoms with van der Waals surface area (Å²) in [5, 5.41) is 5.11. The molecule has 3 heteroatoms. The van der Waals surface area contributed by atoms with E-state index in [0.717, 1.165) is 0 Å². The van der Waals surface area contributed by atoms with Crippen molar-refractivity contribution < 1.29 is 0 Å². The molecule has 0 aliphatic rings. The van der Waals surface area contributed by atoms with Crippen molar-refractivity contribution in [2.45, 2.75) is 0 Å². The molecule has 3 nitrogen and oxygen atoms in total. The highest BCUT2D eigenvalue weighted by atomic mass is 15.4. The summed E-state index contributed by atoms with van der Waals surface area (Å²) in [7, 11) is 3.65. The van der Waals surface area contributed by atoms with E-state index >= 15 is 0 Å². The summed E-state index contributed by atoms with van der Waals surface area (Å²) >= 11 is 0. The first-order chi connectivity index (χ1) is 2.27. The SMILES string of the molecule is C=NN(C)C.N. The van der Waals surface area contributed by atoms with Gasteiger partial charge in [0.2, 0.25) is 0 Å². The van der Waals surface area contributed by atoms with Gasteiger partial charge in [-0.05, 0) is 0 Å². The average molecular weight is 89.1 g/mol. The van der Waals surface area contributed by atoms with Gasteiger partial charge >= 0.3 is 0 Å². The van der Waals surface area contributed by atoms with E-state index in [1.54, 1.807) is 5.01 Å². The Morgan fingerprint density at radius 2 is 1.67 bits per heavy atom. The summed E-state index contributed by atoms with van der Waals surface area (Å²) in [4.78, 5) is 0. The van der Waals surface area contributed by atoms with E-state index in [2.05, 4.69) is 11.8 Å². The zero-order valence-electron chi connectivity index (χ0n) is 4.31. The van der Waals surface area contributed by atoms with Gasteiger partial charge in [0.15, 0.2) is 0 Å². The van der Waals surface area contributed by atoms with Crippen LogP contribution in [-0.2, 0) is 0 Å². The summed E-state index contributed by atoms with van der Waals surface area (Å²) in [5.74, 6) is 0. The van der Waals surface area contributed by atoms with E-state index in [0.29, 0.717) is 0 Å². The van der Waals surface area contributed by atoms with Crippen molar-refractivity contribution >= 4 is 6.72 Å². The molecule has 38 valence electrons. The van der Waals surface area contributed by atoms with Crippen molar-refractivity contribution in [3.63, 3.8) is 0 Å². The molecule has 0 unspecified atom stereocenters. The molecule has 0 radical (unpaired) electrons. The zero-order valence-corrected chi connectivity index (χ0v) is 4.31. The molecule has 6 heavy (non-hydrogen) atoms. The van der Waals surface area contributed by atoms with Gasteiger partial charge in [-0.1, -0.05) is 0 Å². The maximum Gasteiger partial charge on any atom is 0.0244 e. The number of rotatable bonds is 1. The summed E-state index contributed by atoms with van der Waals surface area (Å²) < 4.78 is 0. The minimum atomic E-state index is 0. The van der Waals surface area contributed by atoms with Crippen LogP contribution in [0.5, 0.6) is 0 Å². The molecule has 0 aromatic heterocycles. The van der Waals surface area contributed by atoms with E-state index in [4.69, 9.17) is 0 Å². The Balaban J connectivity index is 0. The Hall–Kier alpha value is -0.570. The lowest BCUT2D eigenvalue weighted by atomic mass is 11.2. The van der Waals surface area contributed by atoms with E-state index in [-0.39, 0.29) is 6.15 Å². The van der Waals surface area contributed by atoms with Crippen LogP contribution in [0, 0.1) is 0 Å². The van der Waals surface area contributed by atoms with E-state index in [9.17, 15) is 0 Å². The summed E-state index contributed by atoms with van der Waals surface area (Å²) in [6.07, 6.45) is 0. The van der Waals surface area contributed by atoms with E-state index < -0.39 is 0 Å². The lowest BCUT2D eigenvalue weighted by Crippen LogP contribution is -1.98. The summed E-state index contributed by atoms with van der Waals surface area (Å²) in [5.41, 5.74) is 0. The first kappa shape index (κ1) is 9.06. The molecule has 0 bridgehead atoms. The van der Waals surface area contributed by atoms with Crippen LogP contribution in [0.1, 0.15) is 0 Å². The number of hydrazone groups is 1. The minimum absolute atomic E-state index is 0. The first-order valence-electron chi connectivity index (χ1n) is 1.41. The second-order valence-electron chi connectivity index (χ2n) is 0.989. The molecule has 0 rings (SSSR count).